The van der Waals surface area contributed by atoms with E-state index in [4.69, 9.17) is 5.73 Å². The Kier molecular flexibility index (Phi) is 4.04. The Hall–Kier alpha value is -2.04. The van der Waals surface area contributed by atoms with E-state index < -0.39 is 0 Å². The number of benzene rings is 1. The van der Waals surface area contributed by atoms with Gasteiger partial charge in [-0.1, -0.05) is 41.3 Å². The summed E-state index contributed by atoms with van der Waals surface area (Å²) < 4.78 is 0. The lowest BCUT2D eigenvalue weighted by Crippen LogP contribution is -2.19. The van der Waals surface area contributed by atoms with Crippen molar-refractivity contribution in [3.63, 3.8) is 0 Å². The van der Waals surface area contributed by atoms with Gasteiger partial charge in [-0.3, -0.25) is 0 Å². The van der Waals surface area contributed by atoms with Crippen molar-refractivity contribution in [2.45, 2.75) is 26.8 Å². The summed E-state index contributed by atoms with van der Waals surface area (Å²) in [7, 11) is 0. The van der Waals surface area contributed by atoms with Crippen molar-refractivity contribution < 1.29 is 0 Å². The Morgan fingerprint density at radius 1 is 1.26 bits per heavy atom. The fourth-order valence-corrected chi connectivity index (χ4v) is 2.05. The molecule has 1 aliphatic carbocycles. The van der Waals surface area contributed by atoms with Crippen molar-refractivity contribution in [3.05, 3.63) is 76.2 Å². The summed E-state index contributed by atoms with van der Waals surface area (Å²) in [5, 5.41) is 0. The number of aryl methyl sites for hydroxylation is 1. The minimum absolute atomic E-state index is 0.00270. The highest BCUT2D eigenvalue weighted by Crippen LogP contribution is 2.22. The number of allylic oxidation sites excluding steroid dienone is 4. The van der Waals surface area contributed by atoms with Crippen molar-refractivity contribution >= 4 is 5.57 Å². The van der Waals surface area contributed by atoms with E-state index in [9.17, 15) is 0 Å². The molecule has 0 spiro atoms. The Balaban J connectivity index is 2.35. The molecule has 2 N–H and O–H groups in total. The van der Waals surface area contributed by atoms with E-state index in [2.05, 4.69) is 55.7 Å². The van der Waals surface area contributed by atoms with E-state index in [-0.39, 0.29) is 6.04 Å². The molecule has 2 rings (SSSR count). The smallest absolute Gasteiger partial charge is 0.0299 e. The maximum Gasteiger partial charge on any atom is 0.0299 e. The van der Waals surface area contributed by atoms with Crippen molar-refractivity contribution in [1.29, 1.82) is 0 Å². The highest BCUT2D eigenvalue weighted by Gasteiger charge is 2.09. The molecule has 0 bridgehead atoms. The highest BCUT2D eigenvalue weighted by atomic mass is 14.6. The number of rotatable bonds is 3. The number of hydrogen-bond donors (Lipinski definition) is 1. The Bertz CT molecular complexity index is 627. The van der Waals surface area contributed by atoms with Gasteiger partial charge in [-0.2, -0.15) is 0 Å². The van der Waals surface area contributed by atoms with Crippen LogP contribution in [0, 0.1) is 6.92 Å². The zero-order valence-corrected chi connectivity index (χ0v) is 11.7. The molecule has 0 fully saturated rings. The zero-order chi connectivity index (χ0) is 13.8. The maximum absolute atomic E-state index is 5.99. The molecule has 1 aromatic rings. The summed E-state index contributed by atoms with van der Waals surface area (Å²) in [5.74, 6) is 0. The highest BCUT2D eigenvalue weighted by molar-refractivity contribution is 5.69. The Morgan fingerprint density at radius 3 is 2.58 bits per heavy atom. The molecule has 1 atom stereocenters. The third-order valence-corrected chi connectivity index (χ3v) is 3.22. The van der Waals surface area contributed by atoms with E-state index in [1.807, 2.05) is 19.1 Å². The normalized spacial score (nSPS) is 16.1. The van der Waals surface area contributed by atoms with Gasteiger partial charge in [0.05, 0.1) is 0 Å². The van der Waals surface area contributed by atoms with Crippen LogP contribution >= 0.6 is 0 Å². The predicted octanol–water partition coefficient (Wildman–Crippen LogP) is 3.92. The maximum atomic E-state index is 5.99. The second-order valence-electron chi connectivity index (χ2n) is 4.95. The topological polar surface area (TPSA) is 26.0 Å². The summed E-state index contributed by atoms with van der Waals surface area (Å²) in [5.41, 5.74) is 18.0. The quantitative estimate of drug-likeness (QED) is 0.807. The van der Waals surface area contributed by atoms with Crippen LogP contribution in [-0.4, -0.2) is 6.04 Å². The molecular formula is C18H19N. The van der Waals surface area contributed by atoms with E-state index in [0.29, 0.717) is 0 Å². The SMILES string of the molecule is C/C(=C\C1=C=C=CC=C1C(C)N)c1ccc(C)cc1. The van der Waals surface area contributed by atoms with Gasteiger partial charge in [0.25, 0.3) is 0 Å². The van der Waals surface area contributed by atoms with Gasteiger partial charge >= 0.3 is 0 Å². The first kappa shape index (κ1) is 13.4. The van der Waals surface area contributed by atoms with E-state index in [1.165, 1.54) is 16.7 Å². The standard InChI is InChI=1S/C18H19N/c1-13-8-10-16(11-9-13)14(2)12-17-6-4-5-7-18(17)15(3)19/h5,7-12,15H,19H2,1-3H3/b14-12+. The first-order chi connectivity index (χ1) is 9.08. The van der Waals surface area contributed by atoms with Gasteiger partial charge in [-0.15, -0.1) is 0 Å². The van der Waals surface area contributed by atoms with Crippen molar-refractivity contribution in [3.8, 4) is 0 Å². The summed E-state index contributed by atoms with van der Waals surface area (Å²) in [6, 6.07) is 8.53. The molecule has 1 unspecified atom stereocenters. The fourth-order valence-electron chi connectivity index (χ4n) is 2.05. The molecule has 0 saturated heterocycles. The van der Waals surface area contributed by atoms with E-state index >= 15 is 0 Å². The van der Waals surface area contributed by atoms with Crippen molar-refractivity contribution in [1.82, 2.24) is 0 Å². The summed E-state index contributed by atoms with van der Waals surface area (Å²) in [4.78, 5) is 0. The molecular weight excluding hydrogens is 230 g/mol. The monoisotopic (exact) mass is 249 g/mol. The molecule has 0 amide bonds. The Morgan fingerprint density at radius 2 is 1.95 bits per heavy atom. The van der Waals surface area contributed by atoms with Gasteiger partial charge in [0.1, 0.15) is 0 Å². The molecule has 1 aliphatic rings. The van der Waals surface area contributed by atoms with Gasteiger partial charge in [-0.25, -0.2) is 0 Å². The van der Waals surface area contributed by atoms with E-state index in [0.717, 1.165) is 11.1 Å². The summed E-state index contributed by atoms with van der Waals surface area (Å²) >= 11 is 0. The molecule has 1 nitrogen and oxygen atoms in total. The first-order valence-electron chi connectivity index (χ1n) is 6.51. The predicted molar refractivity (Wildman–Crippen MR) is 81.7 cm³/mol. The van der Waals surface area contributed by atoms with Gasteiger partial charge in [0.15, 0.2) is 0 Å². The van der Waals surface area contributed by atoms with Crippen LogP contribution in [0.15, 0.2) is 65.1 Å². The average Bonchev–Trinajstić information content (AvgIpc) is 2.39. The van der Waals surface area contributed by atoms with Gasteiger partial charge in [0.2, 0.25) is 0 Å². The van der Waals surface area contributed by atoms with Crippen molar-refractivity contribution in [2.24, 2.45) is 5.73 Å². The summed E-state index contributed by atoms with van der Waals surface area (Å²) in [6.45, 7) is 6.19. The molecule has 1 aromatic carbocycles. The van der Waals surface area contributed by atoms with Crippen molar-refractivity contribution in [2.75, 3.05) is 0 Å². The van der Waals surface area contributed by atoms with Gasteiger partial charge in [0, 0.05) is 11.6 Å². The lowest BCUT2D eigenvalue weighted by Gasteiger charge is -2.12. The Labute approximate surface area is 115 Å². The van der Waals surface area contributed by atoms with Crippen LogP contribution < -0.4 is 5.73 Å². The zero-order valence-electron chi connectivity index (χ0n) is 11.7. The number of nitrogens with two attached hydrogens (primary N) is 1. The molecule has 19 heavy (non-hydrogen) atoms. The third kappa shape index (κ3) is 3.24. The molecule has 0 radical (unpaired) electrons. The second-order valence-corrected chi connectivity index (χ2v) is 4.95. The molecule has 1 heteroatoms. The van der Waals surface area contributed by atoms with Crippen LogP contribution in [0.3, 0.4) is 0 Å². The molecule has 0 saturated carbocycles. The lowest BCUT2D eigenvalue weighted by molar-refractivity contribution is 0.875. The van der Waals surface area contributed by atoms with Gasteiger partial charge < -0.3 is 5.73 Å². The number of hydrogen-bond acceptors (Lipinski definition) is 1. The fraction of sp³-hybridized carbons (Fsp3) is 0.222. The average molecular weight is 249 g/mol. The molecule has 0 heterocycles. The minimum Gasteiger partial charge on any atom is -0.324 e. The molecule has 0 aromatic heterocycles. The third-order valence-electron chi connectivity index (χ3n) is 3.22. The van der Waals surface area contributed by atoms with Crippen LogP contribution in [0.25, 0.3) is 5.57 Å². The summed E-state index contributed by atoms with van der Waals surface area (Å²) in [6.07, 6.45) is 5.99. The van der Waals surface area contributed by atoms with Crippen LogP contribution in [0.5, 0.6) is 0 Å². The lowest BCUT2D eigenvalue weighted by atomic mass is 9.95. The second kappa shape index (κ2) is 5.73. The first-order valence-corrected chi connectivity index (χ1v) is 6.51. The van der Waals surface area contributed by atoms with Gasteiger partial charge in [-0.05, 0) is 55.7 Å². The molecule has 0 aliphatic heterocycles. The van der Waals surface area contributed by atoms with Crippen LogP contribution in [-0.2, 0) is 0 Å². The van der Waals surface area contributed by atoms with E-state index in [1.54, 1.807) is 0 Å². The largest absolute Gasteiger partial charge is 0.324 e. The molecule has 96 valence electrons. The van der Waals surface area contributed by atoms with Crippen LogP contribution in [0.1, 0.15) is 25.0 Å². The van der Waals surface area contributed by atoms with Crippen LogP contribution in [0.4, 0.5) is 0 Å². The minimum atomic E-state index is 0.00270. The van der Waals surface area contributed by atoms with Crippen LogP contribution in [0.2, 0.25) is 0 Å².